The number of carbonyl (C=O) groups excluding carboxylic acids is 1. The molecule has 0 radical (unpaired) electrons. The zero-order chi connectivity index (χ0) is 11.3. The summed E-state index contributed by atoms with van der Waals surface area (Å²) in [7, 11) is 0. The van der Waals surface area contributed by atoms with Crippen molar-refractivity contribution in [3.05, 3.63) is 11.4 Å². The summed E-state index contributed by atoms with van der Waals surface area (Å²) in [6.45, 7) is 2.68. The highest BCUT2D eigenvalue weighted by molar-refractivity contribution is 5.91. The largest absolute Gasteiger partial charge is 0.396 e. The minimum Gasteiger partial charge on any atom is -0.396 e. The minimum absolute atomic E-state index is 0.211. The van der Waals surface area contributed by atoms with E-state index >= 15 is 0 Å². The van der Waals surface area contributed by atoms with Gasteiger partial charge in [-0.1, -0.05) is 5.21 Å². The Kier molecular flexibility index (Phi) is 4.23. The van der Waals surface area contributed by atoms with Gasteiger partial charge in [-0.3, -0.25) is 4.79 Å². The lowest BCUT2D eigenvalue weighted by atomic mass is 10.2. The molecule has 6 nitrogen and oxygen atoms in total. The fourth-order valence-electron chi connectivity index (χ4n) is 1.35. The molecule has 0 aliphatic carbocycles. The molecule has 1 aromatic rings. The van der Waals surface area contributed by atoms with Crippen molar-refractivity contribution in [2.24, 2.45) is 5.73 Å². The number of hydrogen-bond acceptors (Lipinski definition) is 4. The quantitative estimate of drug-likeness (QED) is 0.641. The van der Waals surface area contributed by atoms with Gasteiger partial charge in [-0.05, 0) is 26.2 Å². The Morgan fingerprint density at radius 2 is 2.20 bits per heavy atom. The van der Waals surface area contributed by atoms with Crippen molar-refractivity contribution >= 4 is 5.91 Å². The third-order valence-electron chi connectivity index (χ3n) is 2.24. The summed E-state index contributed by atoms with van der Waals surface area (Å²) in [6.07, 6.45) is 2.63. The normalized spacial score (nSPS) is 10.5. The van der Waals surface area contributed by atoms with Crippen molar-refractivity contribution in [2.75, 3.05) is 6.61 Å². The summed E-state index contributed by atoms with van der Waals surface area (Å²) in [4.78, 5) is 10.9. The maximum absolute atomic E-state index is 10.9. The Morgan fingerprint density at radius 3 is 2.73 bits per heavy atom. The summed E-state index contributed by atoms with van der Waals surface area (Å²) in [5.41, 5.74) is 6.05. The molecule has 0 atom stereocenters. The van der Waals surface area contributed by atoms with E-state index < -0.39 is 5.91 Å². The molecule has 0 aliphatic heterocycles. The monoisotopic (exact) mass is 212 g/mol. The molecule has 1 aromatic heterocycles. The summed E-state index contributed by atoms with van der Waals surface area (Å²) < 4.78 is 1.66. The van der Waals surface area contributed by atoms with Crippen LogP contribution in [0.15, 0.2) is 0 Å². The van der Waals surface area contributed by atoms with Gasteiger partial charge in [0.05, 0.1) is 5.69 Å². The first-order valence-corrected chi connectivity index (χ1v) is 4.97. The summed E-state index contributed by atoms with van der Waals surface area (Å²) in [5.74, 6) is -0.547. The lowest BCUT2D eigenvalue weighted by Gasteiger charge is -2.02. The van der Waals surface area contributed by atoms with Gasteiger partial charge in [-0.25, -0.2) is 4.68 Å². The van der Waals surface area contributed by atoms with E-state index in [1.165, 1.54) is 0 Å². The Labute approximate surface area is 88.1 Å². The van der Waals surface area contributed by atoms with Gasteiger partial charge in [-0.15, -0.1) is 5.10 Å². The van der Waals surface area contributed by atoms with E-state index in [-0.39, 0.29) is 12.3 Å². The Bertz CT molecular complexity index is 335. The van der Waals surface area contributed by atoms with Crippen molar-refractivity contribution in [3.8, 4) is 0 Å². The van der Waals surface area contributed by atoms with Crippen LogP contribution in [-0.2, 0) is 6.54 Å². The lowest BCUT2D eigenvalue weighted by Crippen LogP contribution is -2.13. The SMILES string of the molecule is Cc1c(C(N)=O)nnn1CCCCCO. The Morgan fingerprint density at radius 1 is 1.47 bits per heavy atom. The maximum atomic E-state index is 10.9. The molecule has 3 N–H and O–H groups in total. The molecule has 1 heterocycles. The number of unbranched alkanes of at least 4 members (excludes halogenated alkanes) is 2. The summed E-state index contributed by atoms with van der Waals surface area (Å²) in [5, 5.41) is 16.1. The molecule has 1 amide bonds. The number of nitrogens with two attached hydrogens (primary N) is 1. The number of primary amides is 1. The third-order valence-corrected chi connectivity index (χ3v) is 2.24. The van der Waals surface area contributed by atoms with Gasteiger partial charge >= 0.3 is 0 Å². The lowest BCUT2D eigenvalue weighted by molar-refractivity contribution is 0.0995. The zero-order valence-corrected chi connectivity index (χ0v) is 8.81. The van der Waals surface area contributed by atoms with Gasteiger partial charge in [0.25, 0.3) is 5.91 Å². The zero-order valence-electron chi connectivity index (χ0n) is 8.81. The molecular formula is C9H16N4O2. The highest BCUT2D eigenvalue weighted by atomic mass is 16.2. The molecule has 0 spiro atoms. The smallest absolute Gasteiger partial charge is 0.271 e. The maximum Gasteiger partial charge on any atom is 0.271 e. The van der Waals surface area contributed by atoms with Crippen LogP contribution in [0, 0.1) is 6.92 Å². The van der Waals surface area contributed by atoms with Gasteiger partial charge in [0.1, 0.15) is 0 Å². The van der Waals surface area contributed by atoms with Crippen LogP contribution < -0.4 is 5.73 Å². The Balaban J connectivity index is 2.51. The number of nitrogens with zero attached hydrogens (tertiary/aromatic N) is 3. The molecule has 6 heteroatoms. The van der Waals surface area contributed by atoms with Gasteiger partial charge in [0, 0.05) is 13.2 Å². The van der Waals surface area contributed by atoms with Crippen LogP contribution in [0.4, 0.5) is 0 Å². The van der Waals surface area contributed by atoms with Crippen LogP contribution in [0.1, 0.15) is 35.4 Å². The number of aryl methyl sites for hydroxylation is 1. The molecule has 84 valence electrons. The van der Waals surface area contributed by atoms with E-state index in [0.717, 1.165) is 19.3 Å². The van der Waals surface area contributed by atoms with Crippen LogP contribution in [0.2, 0.25) is 0 Å². The second-order valence-electron chi connectivity index (χ2n) is 3.40. The number of carbonyl (C=O) groups is 1. The molecule has 15 heavy (non-hydrogen) atoms. The van der Waals surface area contributed by atoms with Crippen molar-refractivity contribution in [1.29, 1.82) is 0 Å². The van der Waals surface area contributed by atoms with Crippen LogP contribution in [0.3, 0.4) is 0 Å². The van der Waals surface area contributed by atoms with Gasteiger partial charge in [0.15, 0.2) is 5.69 Å². The number of amides is 1. The molecular weight excluding hydrogens is 196 g/mol. The topological polar surface area (TPSA) is 94.0 Å². The van der Waals surface area contributed by atoms with Gasteiger partial charge < -0.3 is 10.8 Å². The fourth-order valence-corrected chi connectivity index (χ4v) is 1.35. The van der Waals surface area contributed by atoms with E-state index in [1.54, 1.807) is 11.6 Å². The van der Waals surface area contributed by atoms with E-state index in [1.807, 2.05) is 0 Å². The Hall–Kier alpha value is -1.43. The van der Waals surface area contributed by atoms with Gasteiger partial charge in [0.2, 0.25) is 0 Å². The van der Waals surface area contributed by atoms with E-state index in [2.05, 4.69) is 10.3 Å². The molecule has 0 fully saturated rings. The highest BCUT2D eigenvalue weighted by Gasteiger charge is 2.12. The molecule has 0 aliphatic rings. The van der Waals surface area contributed by atoms with Crippen LogP contribution in [0.25, 0.3) is 0 Å². The molecule has 1 rings (SSSR count). The highest BCUT2D eigenvalue weighted by Crippen LogP contribution is 2.05. The average molecular weight is 212 g/mol. The molecule has 0 saturated heterocycles. The van der Waals surface area contributed by atoms with Crippen molar-refractivity contribution in [2.45, 2.75) is 32.7 Å². The van der Waals surface area contributed by atoms with Crippen LogP contribution in [-0.4, -0.2) is 32.6 Å². The van der Waals surface area contributed by atoms with Crippen LogP contribution >= 0.6 is 0 Å². The van der Waals surface area contributed by atoms with E-state index in [0.29, 0.717) is 12.2 Å². The van der Waals surface area contributed by atoms with Crippen LogP contribution in [0.5, 0.6) is 0 Å². The van der Waals surface area contributed by atoms with Gasteiger partial charge in [-0.2, -0.15) is 0 Å². The fraction of sp³-hybridized carbons (Fsp3) is 0.667. The predicted octanol–water partition coefficient (Wildman–Crippen LogP) is -0.152. The van der Waals surface area contributed by atoms with E-state index in [4.69, 9.17) is 10.8 Å². The number of aliphatic hydroxyl groups excluding tert-OH is 1. The first kappa shape index (κ1) is 11.6. The number of rotatable bonds is 6. The molecule has 0 unspecified atom stereocenters. The standard InChI is InChI=1S/C9H16N4O2/c1-7-8(9(10)15)11-12-13(7)5-3-2-4-6-14/h14H,2-6H2,1H3,(H2,10,15). The van der Waals surface area contributed by atoms with E-state index in [9.17, 15) is 4.79 Å². The molecule has 0 bridgehead atoms. The van der Waals surface area contributed by atoms with Crippen molar-refractivity contribution in [1.82, 2.24) is 15.0 Å². The molecule has 0 aromatic carbocycles. The summed E-state index contributed by atoms with van der Waals surface area (Å²) in [6, 6.07) is 0. The molecule has 0 saturated carbocycles. The van der Waals surface area contributed by atoms with Crippen molar-refractivity contribution < 1.29 is 9.90 Å². The number of aliphatic hydroxyl groups is 1. The number of hydrogen-bond donors (Lipinski definition) is 2. The van der Waals surface area contributed by atoms with Crippen molar-refractivity contribution in [3.63, 3.8) is 0 Å². The summed E-state index contributed by atoms with van der Waals surface area (Å²) >= 11 is 0. The predicted molar refractivity (Wildman–Crippen MR) is 54.2 cm³/mol. The second kappa shape index (κ2) is 5.45. The first-order chi connectivity index (χ1) is 7.16. The number of aromatic nitrogens is 3. The second-order valence-corrected chi connectivity index (χ2v) is 3.40. The third kappa shape index (κ3) is 3.02. The minimum atomic E-state index is -0.547. The average Bonchev–Trinajstić information content (AvgIpc) is 2.55. The first-order valence-electron chi connectivity index (χ1n) is 4.97.